The largest absolute Gasteiger partial charge is 0.334 e. The number of amides is 1. The minimum Gasteiger partial charge on any atom is -0.334 e. The summed E-state index contributed by atoms with van der Waals surface area (Å²) in [7, 11) is 0. The lowest BCUT2D eigenvalue weighted by atomic mass is 10.0. The Labute approximate surface area is 133 Å². The molecule has 0 bridgehead atoms. The lowest BCUT2D eigenvalue weighted by Gasteiger charge is -2.26. The van der Waals surface area contributed by atoms with Gasteiger partial charge in [-0.2, -0.15) is 0 Å². The number of benzene rings is 2. The van der Waals surface area contributed by atoms with E-state index in [1.807, 2.05) is 48.2 Å². The van der Waals surface area contributed by atoms with Crippen molar-refractivity contribution in [3.8, 4) is 0 Å². The van der Waals surface area contributed by atoms with Crippen LogP contribution >= 0.6 is 0 Å². The third kappa shape index (κ3) is 4.73. The highest BCUT2D eigenvalue weighted by Crippen LogP contribution is 2.16. The second-order valence-electron chi connectivity index (χ2n) is 5.86. The summed E-state index contributed by atoms with van der Waals surface area (Å²) in [5.41, 5.74) is 2.35. The molecule has 0 spiro atoms. The van der Waals surface area contributed by atoms with Gasteiger partial charge in [-0.05, 0) is 17.5 Å². The van der Waals surface area contributed by atoms with Gasteiger partial charge < -0.3 is 4.90 Å². The van der Waals surface area contributed by atoms with Crippen LogP contribution in [0.2, 0.25) is 0 Å². The van der Waals surface area contributed by atoms with E-state index in [1.54, 1.807) is 0 Å². The number of nitrogens with zero attached hydrogens (tertiary/aromatic N) is 1. The number of hydrogen-bond acceptors (Lipinski definition) is 1. The van der Waals surface area contributed by atoms with Gasteiger partial charge in [-0.25, -0.2) is 0 Å². The zero-order chi connectivity index (χ0) is 15.8. The van der Waals surface area contributed by atoms with Gasteiger partial charge in [0.15, 0.2) is 0 Å². The summed E-state index contributed by atoms with van der Waals surface area (Å²) in [5.74, 6) is 0.326. The molecule has 22 heavy (non-hydrogen) atoms. The van der Waals surface area contributed by atoms with Gasteiger partial charge in [-0.15, -0.1) is 0 Å². The molecule has 0 fully saturated rings. The van der Waals surface area contributed by atoms with Gasteiger partial charge in [0.2, 0.25) is 5.91 Å². The summed E-state index contributed by atoms with van der Waals surface area (Å²) in [6.45, 7) is 5.50. The van der Waals surface area contributed by atoms with E-state index in [0.717, 1.165) is 12.8 Å². The van der Waals surface area contributed by atoms with Crippen LogP contribution in [-0.4, -0.2) is 10.8 Å². The molecular formula is C20H25NO. The molecule has 2 aromatic rings. The van der Waals surface area contributed by atoms with Gasteiger partial charge in [0.1, 0.15) is 0 Å². The number of carbonyl (C=O) groups excluding carboxylic acids is 1. The van der Waals surface area contributed by atoms with Crippen molar-refractivity contribution in [3.63, 3.8) is 0 Å². The second kappa shape index (κ2) is 8.38. The van der Waals surface area contributed by atoms with Crippen LogP contribution in [0.1, 0.15) is 37.8 Å². The molecule has 0 radical (unpaired) electrons. The first-order valence-electron chi connectivity index (χ1n) is 8.07. The van der Waals surface area contributed by atoms with E-state index in [2.05, 4.69) is 31.2 Å². The highest BCUT2D eigenvalue weighted by atomic mass is 16.2. The van der Waals surface area contributed by atoms with Gasteiger partial charge in [0, 0.05) is 19.0 Å². The van der Waals surface area contributed by atoms with E-state index in [4.69, 9.17) is 0 Å². The number of carbonyl (C=O) groups is 1. The first-order chi connectivity index (χ1) is 10.7. The van der Waals surface area contributed by atoms with Crippen LogP contribution in [-0.2, 0) is 17.9 Å². The van der Waals surface area contributed by atoms with Crippen molar-refractivity contribution in [1.82, 2.24) is 4.90 Å². The van der Waals surface area contributed by atoms with Gasteiger partial charge >= 0.3 is 0 Å². The Hall–Kier alpha value is -2.09. The molecule has 116 valence electrons. The average Bonchev–Trinajstić information content (AvgIpc) is 2.56. The fourth-order valence-corrected chi connectivity index (χ4v) is 2.69. The first-order valence-corrected chi connectivity index (χ1v) is 8.07. The molecule has 0 aliphatic rings. The lowest BCUT2D eigenvalue weighted by molar-refractivity contribution is -0.136. The molecule has 1 unspecified atom stereocenters. The molecule has 0 saturated heterocycles. The SMILES string of the molecule is CCCC(C)C(=O)N(Cc1ccccc1)Cc1ccccc1. The highest BCUT2D eigenvalue weighted by molar-refractivity contribution is 5.78. The highest BCUT2D eigenvalue weighted by Gasteiger charge is 2.20. The van der Waals surface area contributed by atoms with Crippen LogP contribution in [0.3, 0.4) is 0 Å². The molecule has 0 heterocycles. The Morgan fingerprint density at radius 1 is 0.909 bits per heavy atom. The first kappa shape index (κ1) is 16.3. The van der Waals surface area contributed by atoms with Crippen molar-refractivity contribution in [2.45, 2.75) is 39.8 Å². The Morgan fingerprint density at radius 3 is 1.77 bits per heavy atom. The molecule has 0 aromatic heterocycles. The van der Waals surface area contributed by atoms with Crippen LogP contribution in [0.25, 0.3) is 0 Å². The van der Waals surface area contributed by atoms with Gasteiger partial charge in [0.25, 0.3) is 0 Å². The maximum atomic E-state index is 12.8. The fourth-order valence-electron chi connectivity index (χ4n) is 2.69. The van der Waals surface area contributed by atoms with Crippen molar-refractivity contribution in [2.75, 3.05) is 0 Å². The lowest BCUT2D eigenvalue weighted by Crippen LogP contribution is -2.34. The van der Waals surface area contributed by atoms with Crippen LogP contribution in [0.15, 0.2) is 60.7 Å². The van der Waals surface area contributed by atoms with E-state index >= 15 is 0 Å². The third-order valence-electron chi connectivity index (χ3n) is 3.89. The monoisotopic (exact) mass is 295 g/mol. The molecule has 1 atom stereocenters. The molecule has 0 aliphatic heterocycles. The molecule has 2 heteroatoms. The molecule has 0 N–H and O–H groups in total. The maximum Gasteiger partial charge on any atom is 0.226 e. The zero-order valence-electron chi connectivity index (χ0n) is 13.5. The van der Waals surface area contributed by atoms with Crippen molar-refractivity contribution in [1.29, 1.82) is 0 Å². The minimum atomic E-state index is 0.0809. The molecule has 0 aliphatic carbocycles. The molecule has 2 aromatic carbocycles. The molecular weight excluding hydrogens is 270 g/mol. The summed E-state index contributed by atoms with van der Waals surface area (Å²) in [5, 5.41) is 0. The molecule has 1 amide bonds. The van der Waals surface area contributed by atoms with Crippen molar-refractivity contribution >= 4 is 5.91 Å². The molecule has 0 saturated carbocycles. The van der Waals surface area contributed by atoms with Gasteiger partial charge in [-0.3, -0.25) is 4.79 Å². The topological polar surface area (TPSA) is 20.3 Å². The molecule has 2 nitrogen and oxygen atoms in total. The Bertz CT molecular complexity index is 523. The van der Waals surface area contributed by atoms with E-state index in [-0.39, 0.29) is 11.8 Å². The Balaban J connectivity index is 2.14. The maximum absolute atomic E-state index is 12.8. The smallest absolute Gasteiger partial charge is 0.226 e. The zero-order valence-corrected chi connectivity index (χ0v) is 13.5. The van der Waals surface area contributed by atoms with Gasteiger partial charge in [0.05, 0.1) is 0 Å². The average molecular weight is 295 g/mol. The predicted molar refractivity (Wildman–Crippen MR) is 91.2 cm³/mol. The quantitative estimate of drug-likeness (QED) is 0.728. The summed E-state index contributed by atoms with van der Waals surface area (Å²) < 4.78 is 0. The van der Waals surface area contributed by atoms with Crippen molar-refractivity contribution in [2.24, 2.45) is 5.92 Å². The number of hydrogen-bond donors (Lipinski definition) is 0. The summed E-state index contributed by atoms with van der Waals surface area (Å²) in [6.07, 6.45) is 1.98. The fraction of sp³-hybridized carbons (Fsp3) is 0.350. The van der Waals surface area contributed by atoms with E-state index in [9.17, 15) is 4.79 Å². The van der Waals surface area contributed by atoms with Gasteiger partial charge in [-0.1, -0.05) is 80.9 Å². The third-order valence-corrected chi connectivity index (χ3v) is 3.89. The van der Waals surface area contributed by atoms with Crippen LogP contribution in [0.4, 0.5) is 0 Å². The van der Waals surface area contributed by atoms with Crippen molar-refractivity contribution < 1.29 is 4.79 Å². The van der Waals surface area contributed by atoms with E-state index in [0.29, 0.717) is 13.1 Å². The standard InChI is InChI=1S/C20H25NO/c1-3-10-17(2)20(22)21(15-18-11-6-4-7-12-18)16-19-13-8-5-9-14-19/h4-9,11-14,17H,3,10,15-16H2,1-2H3. The van der Waals surface area contributed by atoms with E-state index < -0.39 is 0 Å². The Morgan fingerprint density at radius 2 is 1.36 bits per heavy atom. The van der Waals surface area contributed by atoms with Crippen molar-refractivity contribution in [3.05, 3.63) is 71.8 Å². The van der Waals surface area contributed by atoms with E-state index in [1.165, 1.54) is 11.1 Å². The minimum absolute atomic E-state index is 0.0809. The second-order valence-corrected chi connectivity index (χ2v) is 5.86. The Kier molecular flexibility index (Phi) is 6.20. The normalized spacial score (nSPS) is 11.9. The van der Waals surface area contributed by atoms with Crippen LogP contribution in [0.5, 0.6) is 0 Å². The summed E-state index contributed by atoms with van der Waals surface area (Å²) in [6, 6.07) is 20.4. The van der Waals surface area contributed by atoms with Crippen LogP contribution < -0.4 is 0 Å². The van der Waals surface area contributed by atoms with Crippen LogP contribution in [0, 0.1) is 5.92 Å². The molecule has 2 rings (SSSR count). The number of rotatable bonds is 7. The predicted octanol–water partition coefficient (Wildman–Crippen LogP) is 4.65. The summed E-state index contributed by atoms with van der Waals surface area (Å²) in [4.78, 5) is 14.7. The summed E-state index contributed by atoms with van der Waals surface area (Å²) >= 11 is 0.